The van der Waals surface area contributed by atoms with Crippen LogP contribution in [0, 0.1) is 40.5 Å². The van der Waals surface area contributed by atoms with Gasteiger partial charge in [0.05, 0.1) is 68.7 Å². The Morgan fingerprint density at radius 1 is 0.564 bits per heavy atom. The summed E-state index contributed by atoms with van der Waals surface area (Å²) in [7, 11) is 0. The van der Waals surface area contributed by atoms with E-state index in [4.69, 9.17) is 26.2 Å². The molecule has 3 atom stereocenters. The van der Waals surface area contributed by atoms with E-state index in [0.717, 1.165) is 28.1 Å². The van der Waals surface area contributed by atoms with Crippen molar-refractivity contribution in [1.82, 2.24) is 30.0 Å². The lowest BCUT2D eigenvalue weighted by atomic mass is 10.2. The minimum atomic E-state index is -0.561. The molecule has 18 nitrogen and oxygen atoms in total. The molecule has 2 aromatic heterocycles. The number of azide groups is 1. The van der Waals surface area contributed by atoms with Crippen molar-refractivity contribution in [2.45, 2.75) is 31.4 Å². The number of hydrogen-bond acceptors (Lipinski definition) is 11. The van der Waals surface area contributed by atoms with E-state index >= 15 is 0 Å². The highest BCUT2D eigenvalue weighted by molar-refractivity contribution is 14.1. The predicted molar refractivity (Wildman–Crippen MR) is 310 cm³/mol. The molecule has 3 fully saturated rings. The zero-order valence-corrected chi connectivity index (χ0v) is 47.1. The summed E-state index contributed by atoms with van der Waals surface area (Å²) >= 11 is 5.68. The molecule has 11 rings (SSSR count). The summed E-state index contributed by atoms with van der Waals surface area (Å²) in [6, 6.07) is 42.9. The molecule has 3 aliphatic heterocycles. The van der Waals surface area contributed by atoms with Crippen molar-refractivity contribution in [3.8, 4) is 34.9 Å². The quantitative estimate of drug-likeness (QED) is 0.0300. The van der Waals surface area contributed by atoms with Gasteiger partial charge < -0.3 is 14.2 Å². The molecule has 0 N–H and O–H groups in total. The van der Waals surface area contributed by atoms with Crippen molar-refractivity contribution in [2.75, 3.05) is 40.9 Å². The molecule has 3 amide bonds. The second-order valence-electron chi connectivity index (χ2n) is 17.0. The Labute approximate surface area is 485 Å². The van der Waals surface area contributed by atoms with Gasteiger partial charge >= 0.3 is 18.3 Å². The summed E-state index contributed by atoms with van der Waals surface area (Å²) in [4.78, 5) is 42.6. The van der Waals surface area contributed by atoms with Crippen LogP contribution in [0.1, 0.15) is 5.56 Å². The number of terminal acetylenes is 1. The highest BCUT2D eigenvalue weighted by Gasteiger charge is 2.35. The lowest BCUT2D eigenvalue weighted by Gasteiger charge is -2.13. The second kappa shape index (κ2) is 27.0. The number of halogens is 6. The molecule has 0 saturated carbocycles. The average molecular weight is 1390 g/mol. The minimum absolute atomic E-state index is 0.0750. The van der Waals surface area contributed by atoms with Gasteiger partial charge in [-0.3, -0.25) is 14.7 Å². The fourth-order valence-electron chi connectivity index (χ4n) is 7.78. The Morgan fingerprint density at radius 3 is 1.27 bits per heavy atom. The summed E-state index contributed by atoms with van der Waals surface area (Å²) in [6.45, 7) is 1.76. The Bertz CT molecular complexity index is 3320. The Morgan fingerprint density at radius 2 is 0.923 bits per heavy atom. The monoisotopic (exact) mass is 1390 g/mol. The SMILES string of the molecule is C#Cc1ccccc1.O=C1O[C@@H](Cn2cc(-c3ccccc3)nn2)CN1c1ccc(I)c(F)c1.O=C1O[C@@H](Cn2cc(-c3ccccc3)nn2)CN1c1ccc(I)c(F)c1.[N-]=[N+]=NC[C@H]1CN(c2ccc(I)c(F)c2)C(=O)O1. The maximum Gasteiger partial charge on any atom is 0.414 e. The predicted octanol–water partition coefficient (Wildman–Crippen LogP) is 12.2. The van der Waals surface area contributed by atoms with E-state index in [1.165, 1.54) is 32.9 Å². The van der Waals surface area contributed by atoms with E-state index in [2.05, 4.69) is 36.6 Å². The molecule has 8 aromatic rings. The second-order valence-corrected chi connectivity index (χ2v) is 20.4. The van der Waals surface area contributed by atoms with Gasteiger partial charge in [-0.05, 0) is 140 Å². The summed E-state index contributed by atoms with van der Waals surface area (Å²) in [5.41, 5.74) is 14.0. The first-order chi connectivity index (χ1) is 37.7. The molecular formula is C54H42F3I3N12O6. The standard InChI is InChI=1S/2C18H14FIN4O2.C10H8FIN4O2.C8H6/c2*19-15-8-13(6-7-16(15)20)24-10-14(26-18(24)25)9-23-11-17(21-22-23)12-4-2-1-3-5-12;11-8-3-6(1-2-9(8)12)16-5-7(4-14-15-13)18-10(16)17;1-2-8-6-4-3-5-7-8/h2*1-8,11,14H,9-10H2;1-3,7H,4-5H2;1,3-7H/t2*14-;7-;/m000./s1. The highest BCUT2D eigenvalue weighted by Crippen LogP contribution is 2.28. The zero-order valence-electron chi connectivity index (χ0n) is 40.6. The Balaban J connectivity index is 0.000000146. The van der Waals surface area contributed by atoms with E-state index in [1.54, 1.807) is 45.8 Å². The molecule has 0 aliphatic carbocycles. The van der Waals surface area contributed by atoms with Gasteiger partial charge in [0, 0.05) is 32.3 Å². The maximum atomic E-state index is 13.8. The van der Waals surface area contributed by atoms with Gasteiger partial charge in [0.1, 0.15) is 47.2 Å². The van der Waals surface area contributed by atoms with E-state index < -0.39 is 24.4 Å². The van der Waals surface area contributed by atoms with Crippen LogP contribution in [0.5, 0.6) is 0 Å². The third kappa shape index (κ3) is 15.0. The first kappa shape index (κ1) is 56.5. The first-order valence-electron chi connectivity index (χ1n) is 23.5. The maximum absolute atomic E-state index is 13.8. The third-order valence-corrected chi connectivity index (χ3v) is 14.2. The van der Waals surface area contributed by atoms with Gasteiger partial charge in [0.25, 0.3) is 0 Å². The van der Waals surface area contributed by atoms with Crippen molar-refractivity contribution < 1.29 is 41.8 Å². The molecule has 6 aromatic carbocycles. The molecule has 396 valence electrons. The van der Waals surface area contributed by atoms with E-state index in [-0.39, 0.29) is 42.7 Å². The van der Waals surface area contributed by atoms with Crippen LogP contribution in [0.15, 0.2) is 163 Å². The van der Waals surface area contributed by atoms with Gasteiger partial charge in [0.15, 0.2) is 0 Å². The lowest BCUT2D eigenvalue weighted by Crippen LogP contribution is -2.26. The van der Waals surface area contributed by atoms with Crippen molar-refractivity contribution in [1.29, 1.82) is 0 Å². The summed E-state index contributed by atoms with van der Waals surface area (Å²) in [5, 5.41) is 19.9. The molecule has 0 unspecified atom stereocenters. The number of cyclic esters (lactones) is 3. The Hall–Kier alpha value is -7.74. The minimum Gasteiger partial charge on any atom is -0.444 e. The fraction of sp³-hybridized carbons (Fsp3) is 0.167. The normalized spacial score (nSPS) is 16.2. The zero-order chi connectivity index (χ0) is 55.1. The van der Waals surface area contributed by atoms with Gasteiger partial charge in [-0.25, -0.2) is 36.9 Å². The van der Waals surface area contributed by atoms with Crippen molar-refractivity contribution in [2.24, 2.45) is 5.11 Å². The van der Waals surface area contributed by atoms with Crippen molar-refractivity contribution in [3.63, 3.8) is 0 Å². The number of carbonyl (C=O) groups is 3. The molecule has 0 bridgehead atoms. The van der Waals surface area contributed by atoms with Crippen LogP contribution in [-0.4, -0.2) is 92.8 Å². The average Bonchev–Trinajstić information content (AvgIpc) is 4.33. The van der Waals surface area contributed by atoms with Crippen LogP contribution >= 0.6 is 67.8 Å². The number of anilines is 3. The highest BCUT2D eigenvalue weighted by atomic mass is 127. The third-order valence-electron chi connectivity index (χ3n) is 11.6. The van der Waals surface area contributed by atoms with Crippen molar-refractivity contribution >= 4 is 103 Å². The van der Waals surface area contributed by atoms with Crippen molar-refractivity contribution in [3.05, 3.63) is 202 Å². The topological polar surface area (TPSA) is 199 Å². The number of rotatable bonds is 11. The number of amides is 3. The number of aromatic nitrogens is 6. The lowest BCUT2D eigenvalue weighted by molar-refractivity contribution is 0.128. The molecular weight excluding hydrogens is 1350 g/mol. The van der Waals surface area contributed by atoms with Crippen LogP contribution in [0.2, 0.25) is 0 Å². The van der Waals surface area contributed by atoms with Crippen LogP contribution in [0.3, 0.4) is 0 Å². The van der Waals surface area contributed by atoms with Gasteiger partial charge in [-0.15, -0.1) is 16.6 Å². The molecule has 0 radical (unpaired) electrons. The summed E-state index contributed by atoms with van der Waals surface area (Å²) in [6.07, 6.45) is 5.95. The molecule has 5 heterocycles. The molecule has 3 aliphatic rings. The van der Waals surface area contributed by atoms with Gasteiger partial charge in [0.2, 0.25) is 0 Å². The van der Waals surface area contributed by atoms with E-state index in [1.807, 2.05) is 171 Å². The number of benzene rings is 6. The van der Waals surface area contributed by atoms with E-state index in [0.29, 0.717) is 54.0 Å². The largest absolute Gasteiger partial charge is 0.444 e. The smallest absolute Gasteiger partial charge is 0.414 e. The Kier molecular flexibility index (Phi) is 19.6. The first-order valence-corrected chi connectivity index (χ1v) is 26.7. The summed E-state index contributed by atoms with van der Waals surface area (Å²) < 4.78 is 61.5. The number of ether oxygens (including phenoxy) is 3. The van der Waals surface area contributed by atoms with Crippen LogP contribution in [0.25, 0.3) is 33.0 Å². The van der Waals surface area contributed by atoms with Crippen LogP contribution in [-0.2, 0) is 27.3 Å². The fourth-order valence-corrected chi connectivity index (χ4v) is 8.78. The molecule has 3 saturated heterocycles. The van der Waals surface area contributed by atoms with Gasteiger partial charge in [-0.1, -0.05) is 100 Å². The van der Waals surface area contributed by atoms with Crippen LogP contribution < -0.4 is 14.7 Å². The molecule has 0 spiro atoms. The van der Waals surface area contributed by atoms with Crippen LogP contribution in [0.4, 0.5) is 44.6 Å². The molecule has 78 heavy (non-hydrogen) atoms. The number of hydrogen-bond donors (Lipinski definition) is 0. The van der Waals surface area contributed by atoms with E-state index in [9.17, 15) is 27.6 Å². The number of carbonyl (C=O) groups excluding carboxylic acids is 3. The summed E-state index contributed by atoms with van der Waals surface area (Å²) in [5.74, 6) is 1.42. The van der Waals surface area contributed by atoms with Gasteiger partial charge in [-0.2, -0.15) is 0 Å². The number of nitrogens with zero attached hydrogens (tertiary/aromatic N) is 12. The molecule has 24 heteroatoms.